The molecule has 0 saturated carbocycles. The van der Waals surface area contributed by atoms with Crippen molar-refractivity contribution in [3.63, 3.8) is 0 Å². The average Bonchev–Trinajstić information content (AvgIpc) is 2.86. The van der Waals surface area contributed by atoms with E-state index in [9.17, 15) is 61.9 Å². The summed E-state index contributed by atoms with van der Waals surface area (Å²) in [4.78, 5) is 12.7. The number of hydrogen-bond donors (Lipinski definition) is 1. The van der Waals surface area contributed by atoms with E-state index in [4.69, 9.17) is 4.74 Å². The van der Waals surface area contributed by atoms with Crippen molar-refractivity contribution in [3.8, 4) is 0 Å². The molecule has 224 valence electrons. The normalized spacial score (nSPS) is 15.3. The minimum absolute atomic E-state index is 0.00163. The summed E-state index contributed by atoms with van der Waals surface area (Å²) in [6.07, 6.45) is -10.1. The first-order chi connectivity index (χ1) is 18.2. The Kier molecular flexibility index (Phi) is 9.37. The molecule has 0 aliphatic rings. The van der Waals surface area contributed by atoms with E-state index in [0.29, 0.717) is 0 Å². The monoisotopic (exact) mass is 601 g/mol. The average molecular weight is 601 g/mol. The second kappa shape index (κ2) is 11.4. The number of anilines is 1. The van der Waals surface area contributed by atoms with Crippen molar-refractivity contribution in [2.24, 2.45) is 0 Å². The van der Waals surface area contributed by atoms with E-state index >= 15 is 0 Å². The van der Waals surface area contributed by atoms with Crippen LogP contribution in [-0.2, 0) is 9.53 Å². The lowest BCUT2D eigenvalue weighted by Crippen LogP contribution is -2.70. The second-order valence-corrected chi connectivity index (χ2v) is 8.46. The van der Waals surface area contributed by atoms with Crippen molar-refractivity contribution in [2.75, 3.05) is 11.9 Å². The van der Waals surface area contributed by atoms with E-state index in [1.54, 1.807) is 0 Å². The first-order valence-electron chi connectivity index (χ1n) is 11.1. The standard InChI is InChI=1S/C24H20F13NO2/c1-2-40-18(39)17(38-15-11-7-4-8-12-15)16(14-9-5-3-6-10-14)13-19(25,26)20(27,28)21(29,30)22(31,32)23(33,34)24(35,36)37/h3-12,16-17,38H,2,13H2,1H3. The number of hydrogen-bond acceptors (Lipinski definition) is 3. The van der Waals surface area contributed by atoms with Crippen molar-refractivity contribution >= 4 is 11.7 Å². The number of carbonyl (C=O) groups is 1. The van der Waals surface area contributed by atoms with Gasteiger partial charge in [0, 0.05) is 18.0 Å². The first kappa shape index (κ1) is 33.0. The lowest BCUT2D eigenvalue weighted by Gasteiger charge is -2.41. The van der Waals surface area contributed by atoms with Crippen LogP contribution in [0.2, 0.25) is 0 Å². The lowest BCUT2D eigenvalue weighted by atomic mass is 9.82. The highest BCUT2D eigenvalue weighted by Gasteiger charge is 2.90. The van der Waals surface area contributed by atoms with Crippen molar-refractivity contribution < 1.29 is 66.6 Å². The zero-order chi connectivity index (χ0) is 30.8. The van der Waals surface area contributed by atoms with Gasteiger partial charge in [-0.05, 0) is 24.6 Å². The Morgan fingerprint density at radius 2 is 1.15 bits per heavy atom. The van der Waals surface area contributed by atoms with Gasteiger partial charge in [0.1, 0.15) is 6.04 Å². The number of alkyl halides is 13. The van der Waals surface area contributed by atoms with E-state index in [-0.39, 0.29) is 5.69 Å². The minimum Gasteiger partial charge on any atom is -0.464 e. The molecule has 0 radical (unpaired) electrons. The van der Waals surface area contributed by atoms with Crippen LogP contribution in [0.1, 0.15) is 24.8 Å². The molecule has 0 fully saturated rings. The number of esters is 1. The zero-order valence-corrected chi connectivity index (χ0v) is 20.1. The van der Waals surface area contributed by atoms with Gasteiger partial charge in [-0.15, -0.1) is 0 Å². The van der Waals surface area contributed by atoms with Gasteiger partial charge in [0.2, 0.25) is 0 Å². The molecule has 0 amide bonds. The molecule has 2 rings (SSSR count). The third-order valence-corrected chi connectivity index (χ3v) is 5.74. The Bertz CT molecular complexity index is 1120. The Morgan fingerprint density at radius 1 is 0.700 bits per heavy atom. The highest BCUT2D eigenvalue weighted by molar-refractivity contribution is 5.80. The maximum Gasteiger partial charge on any atom is 0.460 e. The number of halogens is 13. The van der Waals surface area contributed by atoms with E-state index in [0.717, 1.165) is 24.3 Å². The Hall–Kier alpha value is -3.20. The van der Waals surface area contributed by atoms with Crippen molar-refractivity contribution in [1.82, 2.24) is 0 Å². The van der Waals surface area contributed by atoms with Crippen molar-refractivity contribution in [3.05, 3.63) is 66.2 Å². The van der Waals surface area contributed by atoms with Crippen LogP contribution in [0.25, 0.3) is 0 Å². The van der Waals surface area contributed by atoms with Crippen LogP contribution in [0, 0.1) is 0 Å². The van der Waals surface area contributed by atoms with Gasteiger partial charge < -0.3 is 10.1 Å². The van der Waals surface area contributed by atoms with Gasteiger partial charge >= 0.3 is 41.8 Å². The molecule has 0 aliphatic heterocycles. The van der Waals surface area contributed by atoms with Crippen LogP contribution in [0.5, 0.6) is 0 Å². The fourth-order valence-electron chi connectivity index (χ4n) is 3.60. The summed E-state index contributed by atoms with van der Waals surface area (Å²) in [5.41, 5.74) is -0.423. The molecule has 2 aromatic carbocycles. The molecule has 16 heteroatoms. The molecule has 1 N–H and O–H groups in total. The second-order valence-electron chi connectivity index (χ2n) is 8.46. The van der Waals surface area contributed by atoms with Crippen molar-refractivity contribution in [2.45, 2.75) is 61.1 Å². The number of benzene rings is 2. The van der Waals surface area contributed by atoms with Crippen LogP contribution in [0.15, 0.2) is 60.7 Å². The van der Waals surface area contributed by atoms with Gasteiger partial charge in [-0.1, -0.05) is 48.5 Å². The van der Waals surface area contributed by atoms with Crippen LogP contribution in [0.3, 0.4) is 0 Å². The molecule has 0 aliphatic carbocycles. The summed E-state index contributed by atoms with van der Waals surface area (Å²) in [7, 11) is 0. The number of ether oxygens (including phenoxy) is 1. The predicted octanol–water partition coefficient (Wildman–Crippen LogP) is 7.94. The largest absolute Gasteiger partial charge is 0.464 e. The molecule has 0 spiro atoms. The van der Waals surface area contributed by atoms with Gasteiger partial charge in [-0.3, -0.25) is 0 Å². The molecule has 3 nitrogen and oxygen atoms in total. The van der Waals surface area contributed by atoms with Gasteiger partial charge in [-0.25, -0.2) is 4.79 Å². The molecule has 0 heterocycles. The Morgan fingerprint density at radius 3 is 1.60 bits per heavy atom. The number of rotatable bonds is 12. The van der Waals surface area contributed by atoms with Crippen LogP contribution in [0.4, 0.5) is 62.8 Å². The quantitative estimate of drug-likeness (QED) is 0.198. The molecule has 0 saturated heterocycles. The Balaban J connectivity index is 2.65. The third kappa shape index (κ3) is 5.94. The van der Waals surface area contributed by atoms with E-state index in [2.05, 4.69) is 5.32 Å². The van der Waals surface area contributed by atoms with Gasteiger partial charge in [0.15, 0.2) is 0 Å². The minimum atomic E-state index is -8.02. The highest BCUT2D eigenvalue weighted by atomic mass is 19.4. The molecular weight excluding hydrogens is 581 g/mol. The van der Waals surface area contributed by atoms with E-state index < -0.39 is 72.3 Å². The van der Waals surface area contributed by atoms with Crippen LogP contribution >= 0.6 is 0 Å². The van der Waals surface area contributed by atoms with E-state index in [1.807, 2.05) is 0 Å². The fraction of sp³-hybridized carbons (Fsp3) is 0.458. The smallest absolute Gasteiger partial charge is 0.460 e. The number of para-hydroxylation sites is 1. The zero-order valence-electron chi connectivity index (χ0n) is 20.1. The number of carbonyl (C=O) groups excluding carboxylic acids is 1. The Labute approximate surface area is 218 Å². The summed E-state index contributed by atoms with van der Waals surface area (Å²) < 4.78 is 183. The summed E-state index contributed by atoms with van der Waals surface area (Å²) in [5, 5.41) is 2.39. The molecule has 0 bridgehead atoms. The molecule has 0 aromatic heterocycles. The fourth-order valence-corrected chi connectivity index (χ4v) is 3.60. The van der Waals surface area contributed by atoms with Crippen molar-refractivity contribution in [1.29, 1.82) is 0 Å². The predicted molar refractivity (Wildman–Crippen MR) is 115 cm³/mol. The van der Waals surface area contributed by atoms with Gasteiger partial charge in [-0.2, -0.15) is 57.1 Å². The van der Waals surface area contributed by atoms with Crippen LogP contribution in [-0.4, -0.2) is 54.4 Å². The third-order valence-electron chi connectivity index (χ3n) is 5.74. The topological polar surface area (TPSA) is 38.3 Å². The van der Waals surface area contributed by atoms with Gasteiger partial charge in [0.25, 0.3) is 0 Å². The molecule has 2 unspecified atom stereocenters. The summed E-state index contributed by atoms with van der Waals surface area (Å²) in [5.74, 6) is -41.4. The lowest BCUT2D eigenvalue weighted by molar-refractivity contribution is -0.440. The SMILES string of the molecule is CCOC(=O)C(Nc1ccccc1)C(CC(F)(F)C(F)(F)C(F)(F)C(F)(F)C(F)(F)C(F)(F)F)c1ccccc1. The molecular formula is C24H20F13NO2. The van der Waals surface area contributed by atoms with Crippen LogP contribution < -0.4 is 5.32 Å². The number of nitrogens with one attached hydrogen (secondary N) is 1. The first-order valence-corrected chi connectivity index (χ1v) is 11.1. The summed E-state index contributed by atoms with van der Waals surface area (Å²) in [6.45, 7) is 0.873. The highest BCUT2D eigenvalue weighted by Crippen LogP contribution is 2.61. The maximum atomic E-state index is 14.9. The molecule has 40 heavy (non-hydrogen) atoms. The van der Waals surface area contributed by atoms with E-state index in [1.165, 1.54) is 43.3 Å². The molecule has 2 aromatic rings. The summed E-state index contributed by atoms with van der Waals surface area (Å²) >= 11 is 0. The summed E-state index contributed by atoms with van der Waals surface area (Å²) in [6, 6.07) is 10.2. The van der Waals surface area contributed by atoms with Gasteiger partial charge in [0.05, 0.1) is 6.61 Å². The maximum absolute atomic E-state index is 14.9. The molecule has 2 atom stereocenters.